The van der Waals surface area contributed by atoms with E-state index in [9.17, 15) is 14.4 Å². The van der Waals surface area contributed by atoms with E-state index in [-0.39, 0.29) is 0 Å². The van der Waals surface area contributed by atoms with Gasteiger partial charge in [-0.2, -0.15) is 0 Å². The third-order valence-electron chi connectivity index (χ3n) is 1.23. The third kappa shape index (κ3) is 1.57. The zero-order valence-corrected chi connectivity index (χ0v) is 6.06. The van der Waals surface area contributed by atoms with Crippen molar-refractivity contribution in [1.29, 1.82) is 0 Å². The molecule has 0 radical (unpaired) electrons. The largest absolute Gasteiger partial charge is 0.366 e. The number of nitrogens with two attached hydrogens (primary N) is 1. The average molecular weight is 166 g/mol. The fraction of sp³-hybridized carbons (Fsp3) is 0. The van der Waals surface area contributed by atoms with Crippen molar-refractivity contribution in [2.45, 2.75) is 0 Å². The smallest absolute Gasteiger partial charge is 0.257 e. The third-order valence-corrected chi connectivity index (χ3v) is 1.23. The van der Waals surface area contributed by atoms with Crippen molar-refractivity contribution in [3.05, 3.63) is 24.4 Å². The second-order valence-electron chi connectivity index (χ2n) is 2.10. The van der Waals surface area contributed by atoms with Gasteiger partial charge in [-0.15, -0.1) is 0 Å². The fourth-order valence-corrected chi connectivity index (χ4v) is 0.707. The van der Waals surface area contributed by atoms with E-state index in [2.05, 4.69) is 0 Å². The molecule has 0 saturated carbocycles. The van der Waals surface area contributed by atoms with Gasteiger partial charge in [-0.3, -0.25) is 19.3 Å². The molecule has 2 N–H and O–H groups in total. The van der Waals surface area contributed by atoms with Crippen LogP contribution in [0.5, 0.6) is 0 Å². The SMILES string of the molecule is NC(=O)C=CN1C(=O)C=CC1=O. The second-order valence-corrected chi connectivity index (χ2v) is 2.10. The molecule has 5 nitrogen and oxygen atoms in total. The number of nitrogens with zero attached hydrogens (tertiary/aromatic N) is 1. The molecule has 12 heavy (non-hydrogen) atoms. The zero-order chi connectivity index (χ0) is 9.14. The minimum atomic E-state index is -0.706. The van der Waals surface area contributed by atoms with Gasteiger partial charge in [0.15, 0.2) is 0 Å². The number of hydrogen-bond donors (Lipinski definition) is 1. The van der Waals surface area contributed by atoms with Crippen LogP contribution in [0.1, 0.15) is 0 Å². The average Bonchev–Trinajstić information content (AvgIpc) is 2.28. The zero-order valence-electron chi connectivity index (χ0n) is 6.06. The maximum absolute atomic E-state index is 10.8. The number of amides is 3. The van der Waals surface area contributed by atoms with Crippen LogP contribution in [0.2, 0.25) is 0 Å². The maximum Gasteiger partial charge on any atom is 0.257 e. The molecule has 0 aromatic carbocycles. The summed E-state index contributed by atoms with van der Waals surface area (Å²) < 4.78 is 0. The topological polar surface area (TPSA) is 80.5 Å². The minimum Gasteiger partial charge on any atom is -0.366 e. The quantitative estimate of drug-likeness (QED) is 0.418. The van der Waals surface area contributed by atoms with Gasteiger partial charge in [-0.25, -0.2) is 0 Å². The number of carbonyl (C=O) groups is 3. The molecule has 0 saturated heterocycles. The van der Waals surface area contributed by atoms with Crippen LogP contribution >= 0.6 is 0 Å². The van der Waals surface area contributed by atoms with Crippen molar-refractivity contribution in [2.75, 3.05) is 0 Å². The monoisotopic (exact) mass is 166 g/mol. The van der Waals surface area contributed by atoms with Gasteiger partial charge in [0.2, 0.25) is 5.91 Å². The van der Waals surface area contributed by atoms with Crippen LogP contribution in [-0.4, -0.2) is 22.6 Å². The highest BCUT2D eigenvalue weighted by molar-refractivity contribution is 6.14. The minimum absolute atomic E-state index is 0.475. The highest BCUT2D eigenvalue weighted by atomic mass is 16.2. The summed E-state index contributed by atoms with van der Waals surface area (Å²) in [5, 5.41) is 0. The van der Waals surface area contributed by atoms with Crippen molar-refractivity contribution in [1.82, 2.24) is 4.90 Å². The van der Waals surface area contributed by atoms with Gasteiger partial charge in [-0.1, -0.05) is 0 Å². The van der Waals surface area contributed by atoms with Gasteiger partial charge in [0.25, 0.3) is 11.8 Å². The second kappa shape index (κ2) is 3.00. The van der Waals surface area contributed by atoms with Crippen molar-refractivity contribution in [3.63, 3.8) is 0 Å². The standard InChI is InChI=1S/C7H6N2O3/c8-5(10)3-4-9-6(11)1-2-7(9)12/h1-4H,(H2,8,10). The van der Waals surface area contributed by atoms with E-state index >= 15 is 0 Å². The Bertz CT molecular complexity index is 286. The van der Waals surface area contributed by atoms with Gasteiger partial charge in [-0.05, 0) is 0 Å². The van der Waals surface area contributed by atoms with Gasteiger partial charge in [0, 0.05) is 24.4 Å². The molecule has 0 spiro atoms. The van der Waals surface area contributed by atoms with Gasteiger partial charge in [0.1, 0.15) is 0 Å². The van der Waals surface area contributed by atoms with Crippen molar-refractivity contribution < 1.29 is 14.4 Å². The molecule has 5 heteroatoms. The molecule has 0 fully saturated rings. The molecule has 62 valence electrons. The van der Waals surface area contributed by atoms with E-state index in [4.69, 9.17) is 5.73 Å². The molecule has 3 amide bonds. The number of hydrogen-bond acceptors (Lipinski definition) is 3. The molecule has 0 aromatic heterocycles. The van der Waals surface area contributed by atoms with E-state index in [1.54, 1.807) is 0 Å². The molecule has 0 atom stereocenters. The summed E-state index contributed by atoms with van der Waals surface area (Å²) in [4.78, 5) is 32.7. The van der Waals surface area contributed by atoms with Crippen molar-refractivity contribution >= 4 is 17.7 Å². The van der Waals surface area contributed by atoms with Gasteiger partial charge in [0.05, 0.1) is 0 Å². The number of primary amides is 1. The fourth-order valence-electron chi connectivity index (χ4n) is 0.707. The predicted molar refractivity (Wildman–Crippen MR) is 39.3 cm³/mol. The maximum atomic E-state index is 10.8. The van der Waals surface area contributed by atoms with E-state index in [1.165, 1.54) is 0 Å². The molecule has 0 unspecified atom stereocenters. The Balaban J connectivity index is 2.71. The van der Waals surface area contributed by atoms with E-state index in [1.807, 2.05) is 0 Å². The Labute approximate surface area is 68.1 Å². The first kappa shape index (κ1) is 8.19. The van der Waals surface area contributed by atoms with Gasteiger partial charge >= 0.3 is 0 Å². The number of carbonyl (C=O) groups excluding carboxylic acids is 3. The normalized spacial score (nSPS) is 16.5. The lowest BCUT2D eigenvalue weighted by Gasteiger charge is -2.04. The van der Waals surface area contributed by atoms with Crippen LogP contribution in [0.4, 0.5) is 0 Å². The summed E-state index contributed by atoms with van der Waals surface area (Å²) in [5.41, 5.74) is 4.77. The van der Waals surface area contributed by atoms with E-state index in [0.29, 0.717) is 0 Å². The highest BCUT2D eigenvalue weighted by Crippen LogP contribution is 2.03. The summed E-state index contributed by atoms with van der Waals surface area (Å²) >= 11 is 0. The molecule has 0 aliphatic carbocycles. The first-order chi connectivity index (χ1) is 5.61. The van der Waals surface area contributed by atoms with Crippen LogP contribution in [0.25, 0.3) is 0 Å². The molecule has 0 bridgehead atoms. The Morgan fingerprint density at radius 1 is 1.33 bits per heavy atom. The summed E-state index contributed by atoms with van der Waals surface area (Å²) in [7, 11) is 0. The first-order valence-electron chi connectivity index (χ1n) is 3.14. The van der Waals surface area contributed by atoms with E-state index in [0.717, 1.165) is 29.3 Å². The summed E-state index contributed by atoms with van der Waals surface area (Å²) in [6, 6.07) is 0. The number of imide groups is 1. The Hall–Kier alpha value is -1.91. The Morgan fingerprint density at radius 3 is 2.25 bits per heavy atom. The van der Waals surface area contributed by atoms with E-state index < -0.39 is 17.7 Å². The molecular weight excluding hydrogens is 160 g/mol. The summed E-state index contributed by atoms with van der Waals surface area (Å²) in [5.74, 6) is -1.66. The molecule has 1 rings (SSSR count). The molecule has 1 aliphatic heterocycles. The molecule has 0 aromatic rings. The van der Waals surface area contributed by atoms with Crippen molar-refractivity contribution in [3.8, 4) is 0 Å². The summed E-state index contributed by atoms with van der Waals surface area (Å²) in [6.07, 6.45) is 4.23. The molecule has 1 aliphatic rings. The Kier molecular flexibility index (Phi) is 2.05. The lowest BCUT2D eigenvalue weighted by atomic mass is 10.5. The summed E-state index contributed by atoms with van der Waals surface area (Å²) in [6.45, 7) is 0. The van der Waals surface area contributed by atoms with Crippen LogP contribution in [0, 0.1) is 0 Å². The lowest BCUT2D eigenvalue weighted by molar-refractivity contribution is -0.133. The highest BCUT2D eigenvalue weighted by Gasteiger charge is 2.20. The van der Waals surface area contributed by atoms with Gasteiger partial charge < -0.3 is 5.73 Å². The number of rotatable bonds is 2. The first-order valence-corrected chi connectivity index (χ1v) is 3.14. The molecule has 1 heterocycles. The van der Waals surface area contributed by atoms with Crippen molar-refractivity contribution in [2.24, 2.45) is 5.73 Å². The van der Waals surface area contributed by atoms with Crippen LogP contribution in [0.3, 0.4) is 0 Å². The van der Waals surface area contributed by atoms with Crippen LogP contribution in [0.15, 0.2) is 24.4 Å². The lowest BCUT2D eigenvalue weighted by Crippen LogP contribution is -2.24. The Morgan fingerprint density at radius 2 is 1.83 bits per heavy atom. The van der Waals surface area contributed by atoms with Crippen LogP contribution < -0.4 is 5.73 Å². The molecular formula is C7H6N2O3. The predicted octanol–water partition coefficient (Wildman–Crippen LogP) is -1.09. The van der Waals surface area contributed by atoms with Crippen LogP contribution in [-0.2, 0) is 14.4 Å².